The predicted octanol–water partition coefficient (Wildman–Crippen LogP) is 4.76. The number of para-hydroxylation sites is 2. The molecule has 0 saturated heterocycles. The highest BCUT2D eigenvalue weighted by Crippen LogP contribution is 2.28. The molecule has 0 saturated carbocycles. The lowest BCUT2D eigenvalue weighted by molar-refractivity contribution is 0.586. The summed E-state index contributed by atoms with van der Waals surface area (Å²) in [4.78, 5) is 8.74. The van der Waals surface area contributed by atoms with Gasteiger partial charge in [0.2, 0.25) is 0 Å². The molecule has 0 unspecified atom stereocenters. The van der Waals surface area contributed by atoms with Crippen LogP contribution in [-0.2, 0) is 10.0 Å². The van der Waals surface area contributed by atoms with Gasteiger partial charge in [0.15, 0.2) is 11.6 Å². The number of aromatic nitrogens is 2. The summed E-state index contributed by atoms with van der Waals surface area (Å²) < 4.78 is 55.4. The zero-order valence-electron chi connectivity index (χ0n) is 15.7. The first-order chi connectivity index (χ1) is 14.3. The largest absolute Gasteiger partial charge is 0.335 e. The summed E-state index contributed by atoms with van der Waals surface area (Å²) in [5.41, 5.74) is 1.76. The standard InChI is InChI=1S/C21H16F2N4O2S/c1-13-6-9-15(10-7-13)30(28,29)27-21-20(24-17-11-8-14(22)12-16(17)23)25-18-4-2-3-5-19(18)26-21/h2-12H,1H3,(H,24,25)(H,26,27). The van der Waals surface area contributed by atoms with Crippen molar-refractivity contribution in [2.75, 3.05) is 10.0 Å². The fourth-order valence-corrected chi connectivity index (χ4v) is 3.79. The molecular formula is C21H16F2N4O2S. The lowest BCUT2D eigenvalue weighted by atomic mass is 10.2. The number of nitrogens with zero attached hydrogens (tertiary/aromatic N) is 2. The van der Waals surface area contributed by atoms with E-state index < -0.39 is 21.7 Å². The van der Waals surface area contributed by atoms with Crippen molar-refractivity contribution >= 4 is 38.4 Å². The lowest BCUT2D eigenvalue weighted by Crippen LogP contribution is -2.16. The summed E-state index contributed by atoms with van der Waals surface area (Å²) in [5, 5.41) is 2.70. The lowest BCUT2D eigenvalue weighted by Gasteiger charge is -2.14. The number of hydrogen-bond donors (Lipinski definition) is 2. The number of anilines is 3. The molecule has 30 heavy (non-hydrogen) atoms. The molecular weight excluding hydrogens is 410 g/mol. The Morgan fingerprint density at radius 2 is 1.47 bits per heavy atom. The quantitative estimate of drug-likeness (QED) is 0.481. The molecule has 0 fully saturated rings. The molecule has 0 bridgehead atoms. The van der Waals surface area contributed by atoms with Gasteiger partial charge in [-0.15, -0.1) is 0 Å². The van der Waals surface area contributed by atoms with Gasteiger partial charge in [0.05, 0.1) is 21.6 Å². The van der Waals surface area contributed by atoms with Crippen LogP contribution in [0, 0.1) is 18.6 Å². The van der Waals surface area contributed by atoms with Gasteiger partial charge in [0.1, 0.15) is 11.6 Å². The van der Waals surface area contributed by atoms with Crippen LogP contribution in [0.1, 0.15) is 5.56 Å². The van der Waals surface area contributed by atoms with E-state index in [0.29, 0.717) is 17.1 Å². The van der Waals surface area contributed by atoms with Crippen molar-refractivity contribution in [1.82, 2.24) is 9.97 Å². The maximum absolute atomic E-state index is 14.1. The zero-order chi connectivity index (χ0) is 21.3. The number of aryl methyl sites for hydroxylation is 1. The molecule has 0 atom stereocenters. The first-order valence-corrected chi connectivity index (χ1v) is 10.4. The molecule has 1 heterocycles. The van der Waals surface area contributed by atoms with E-state index in [4.69, 9.17) is 0 Å². The minimum absolute atomic E-state index is 0.0186. The third-order valence-corrected chi connectivity index (χ3v) is 5.67. The summed E-state index contributed by atoms with van der Waals surface area (Å²) in [6.07, 6.45) is 0. The maximum atomic E-state index is 14.1. The third kappa shape index (κ3) is 4.06. The number of nitrogens with one attached hydrogen (secondary N) is 2. The smallest absolute Gasteiger partial charge is 0.263 e. The Morgan fingerprint density at radius 3 is 2.10 bits per heavy atom. The molecule has 9 heteroatoms. The van der Waals surface area contributed by atoms with Crippen molar-refractivity contribution in [2.45, 2.75) is 11.8 Å². The van der Waals surface area contributed by atoms with E-state index in [1.807, 2.05) is 6.92 Å². The highest BCUT2D eigenvalue weighted by Gasteiger charge is 2.19. The average molecular weight is 426 g/mol. The summed E-state index contributed by atoms with van der Waals surface area (Å²) in [7, 11) is -3.98. The van der Waals surface area contributed by atoms with Crippen molar-refractivity contribution in [1.29, 1.82) is 0 Å². The van der Waals surface area contributed by atoms with Crippen LogP contribution < -0.4 is 10.0 Å². The molecule has 0 aliphatic rings. The first-order valence-electron chi connectivity index (χ1n) is 8.90. The Balaban J connectivity index is 1.79. The second-order valence-corrected chi connectivity index (χ2v) is 8.26. The molecule has 4 rings (SSSR count). The monoisotopic (exact) mass is 426 g/mol. The Hall–Kier alpha value is -3.59. The van der Waals surface area contributed by atoms with E-state index >= 15 is 0 Å². The van der Waals surface area contributed by atoms with Gasteiger partial charge >= 0.3 is 0 Å². The third-order valence-electron chi connectivity index (χ3n) is 4.32. The van der Waals surface area contributed by atoms with Crippen LogP contribution in [0.5, 0.6) is 0 Å². The van der Waals surface area contributed by atoms with Crippen LogP contribution in [0.15, 0.2) is 71.6 Å². The van der Waals surface area contributed by atoms with E-state index in [1.54, 1.807) is 36.4 Å². The van der Waals surface area contributed by atoms with Gasteiger partial charge in [-0.2, -0.15) is 0 Å². The van der Waals surface area contributed by atoms with Crippen molar-refractivity contribution in [2.24, 2.45) is 0 Å². The van der Waals surface area contributed by atoms with Gasteiger partial charge in [-0.1, -0.05) is 29.8 Å². The summed E-state index contributed by atoms with van der Waals surface area (Å²) in [6, 6.07) is 16.1. The molecule has 3 aromatic carbocycles. The van der Waals surface area contributed by atoms with Crippen LogP contribution in [0.2, 0.25) is 0 Å². The number of hydrogen-bond acceptors (Lipinski definition) is 5. The van der Waals surface area contributed by atoms with E-state index in [9.17, 15) is 17.2 Å². The molecule has 0 spiro atoms. The van der Waals surface area contributed by atoms with Crippen LogP contribution >= 0.6 is 0 Å². The minimum Gasteiger partial charge on any atom is -0.335 e. The topological polar surface area (TPSA) is 84.0 Å². The predicted molar refractivity (Wildman–Crippen MR) is 111 cm³/mol. The maximum Gasteiger partial charge on any atom is 0.263 e. The van der Waals surface area contributed by atoms with Crippen LogP contribution in [0.4, 0.5) is 26.1 Å². The van der Waals surface area contributed by atoms with Gasteiger partial charge in [0.25, 0.3) is 10.0 Å². The van der Waals surface area contributed by atoms with Crippen molar-refractivity contribution in [3.05, 3.63) is 83.9 Å². The Labute approximate surface area is 171 Å². The van der Waals surface area contributed by atoms with Crippen molar-refractivity contribution in [3.63, 3.8) is 0 Å². The van der Waals surface area contributed by atoms with Gasteiger partial charge < -0.3 is 5.32 Å². The van der Waals surface area contributed by atoms with E-state index in [-0.39, 0.29) is 22.2 Å². The fourth-order valence-electron chi connectivity index (χ4n) is 2.78. The number of rotatable bonds is 5. The van der Waals surface area contributed by atoms with Gasteiger partial charge in [0, 0.05) is 6.07 Å². The summed E-state index contributed by atoms with van der Waals surface area (Å²) in [5.74, 6) is -1.71. The Kier molecular flexibility index (Phi) is 5.04. The van der Waals surface area contributed by atoms with Crippen molar-refractivity contribution < 1.29 is 17.2 Å². The molecule has 1 aromatic heterocycles. The number of benzene rings is 3. The molecule has 152 valence electrons. The van der Waals surface area contributed by atoms with Crippen LogP contribution in [0.3, 0.4) is 0 Å². The van der Waals surface area contributed by atoms with Crippen molar-refractivity contribution in [3.8, 4) is 0 Å². The Bertz CT molecular complexity index is 1340. The second kappa shape index (κ2) is 7.68. The summed E-state index contributed by atoms with van der Waals surface area (Å²) in [6.45, 7) is 1.85. The average Bonchev–Trinajstić information content (AvgIpc) is 2.70. The second-order valence-electron chi connectivity index (χ2n) is 6.58. The first kappa shape index (κ1) is 19.7. The molecule has 6 nitrogen and oxygen atoms in total. The molecule has 4 aromatic rings. The molecule has 0 aliphatic heterocycles. The van der Waals surface area contributed by atoms with E-state index in [2.05, 4.69) is 20.0 Å². The Morgan fingerprint density at radius 1 is 0.833 bits per heavy atom. The van der Waals surface area contributed by atoms with Gasteiger partial charge in [-0.3, -0.25) is 4.72 Å². The normalized spacial score (nSPS) is 11.4. The molecule has 0 amide bonds. The number of halogens is 2. The summed E-state index contributed by atoms with van der Waals surface area (Å²) >= 11 is 0. The molecule has 2 N–H and O–H groups in total. The highest BCUT2D eigenvalue weighted by molar-refractivity contribution is 7.92. The highest BCUT2D eigenvalue weighted by atomic mass is 32.2. The minimum atomic E-state index is -3.98. The van der Waals surface area contributed by atoms with Gasteiger partial charge in [-0.05, 0) is 43.3 Å². The SMILES string of the molecule is Cc1ccc(S(=O)(=O)Nc2nc3ccccc3nc2Nc2ccc(F)cc2F)cc1. The fraction of sp³-hybridized carbons (Fsp3) is 0.0476. The molecule has 0 aliphatic carbocycles. The molecule has 0 radical (unpaired) electrons. The van der Waals surface area contributed by atoms with E-state index in [1.165, 1.54) is 18.2 Å². The van der Waals surface area contributed by atoms with Gasteiger partial charge in [-0.25, -0.2) is 27.2 Å². The zero-order valence-corrected chi connectivity index (χ0v) is 16.5. The van der Waals surface area contributed by atoms with Crippen LogP contribution in [0.25, 0.3) is 11.0 Å². The number of sulfonamides is 1. The van der Waals surface area contributed by atoms with Crippen LogP contribution in [-0.4, -0.2) is 18.4 Å². The number of fused-ring (bicyclic) bond motifs is 1. The van der Waals surface area contributed by atoms with E-state index in [0.717, 1.165) is 11.6 Å².